The number of piperidine rings is 1. The SMILES string of the molecule is CC1(C)CC(NS(=O)(=O)c2ccc(Oc3cccc(N4CCNCC4)c3)s2)CC(C)(C)N1. The monoisotopic (exact) mass is 478 g/mol. The molecule has 2 aliphatic rings. The quantitative estimate of drug-likeness (QED) is 0.589. The van der Waals surface area contributed by atoms with E-state index >= 15 is 0 Å². The lowest BCUT2D eigenvalue weighted by molar-refractivity contribution is 0.157. The van der Waals surface area contributed by atoms with Crippen LogP contribution >= 0.6 is 11.3 Å². The van der Waals surface area contributed by atoms with Crippen LogP contribution in [0.3, 0.4) is 0 Å². The van der Waals surface area contributed by atoms with E-state index in [0.29, 0.717) is 10.8 Å². The van der Waals surface area contributed by atoms with E-state index in [1.807, 2.05) is 18.2 Å². The van der Waals surface area contributed by atoms with Gasteiger partial charge in [0, 0.05) is 55.1 Å². The molecule has 1 aromatic heterocycles. The second-order valence-electron chi connectivity index (χ2n) is 10.0. The van der Waals surface area contributed by atoms with Gasteiger partial charge in [-0.2, -0.15) is 0 Å². The van der Waals surface area contributed by atoms with Gasteiger partial charge in [-0.05, 0) is 64.8 Å². The van der Waals surface area contributed by atoms with Gasteiger partial charge in [-0.1, -0.05) is 17.4 Å². The number of nitrogens with one attached hydrogen (secondary N) is 3. The van der Waals surface area contributed by atoms with E-state index in [1.54, 1.807) is 12.1 Å². The second kappa shape index (κ2) is 8.95. The molecule has 2 fully saturated rings. The third kappa shape index (κ3) is 5.82. The summed E-state index contributed by atoms with van der Waals surface area (Å²) < 4.78 is 35.3. The zero-order chi connectivity index (χ0) is 23.0. The van der Waals surface area contributed by atoms with Crippen LogP contribution in [-0.2, 0) is 10.0 Å². The molecule has 2 saturated heterocycles. The number of rotatable bonds is 6. The van der Waals surface area contributed by atoms with Crippen LogP contribution < -0.4 is 25.0 Å². The van der Waals surface area contributed by atoms with Gasteiger partial charge in [0.05, 0.1) is 0 Å². The normalized spacial score (nSPS) is 21.4. The second-order valence-corrected chi connectivity index (χ2v) is 13.0. The smallest absolute Gasteiger partial charge is 0.250 e. The molecule has 2 aromatic rings. The summed E-state index contributed by atoms with van der Waals surface area (Å²) in [5.41, 5.74) is 0.855. The number of piperazine rings is 1. The van der Waals surface area contributed by atoms with E-state index in [-0.39, 0.29) is 21.3 Å². The Kier molecular flexibility index (Phi) is 6.57. The number of nitrogens with zero attached hydrogens (tertiary/aromatic N) is 1. The van der Waals surface area contributed by atoms with Gasteiger partial charge in [-0.25, -0.2) is 13.1 Å². The first-order valence-corrected chi connectivity index (χ1v) is 13.5. The van der Waals surface area contributed by atoms with Crippen molar-refractivity contribution in [3.8, 4) is 10.8 Å². The van der Waals surface area contributed by atoms with E-state index in [9.17, 15) is 8.42 Å². The topological polar surface area (TPSA) is 82.7 Å². The largest absolute Gasteiger partial charge is 0.447 e. The maximum atomic E-state index is 13.1. The molecular weight excluding hydrogens is 444 g/mol. The van der Waals surface area contributed by atoms with Crippen molar-refractivity contribution in [2.75, 3.05) is 31.1 Å². The van der Waals surface area contributed by atoms with Crippen LogP contribution in [0.25, 0.3) is 0 Å². The predicted molar refractivity (Wildman–Crippen MR) is 131 cm³/mol. The molecule has 4 rings (SSSR count). The lowest BCUT2D eigenvalue weighted by Crippen LogP contribution is -2.62. The highest BCUT2D eigenvalue weighted by Gasteiger charge is 2.39. The first kappa shape index (κ1) is 23.5. The van der Waals surface area contributed by atoms with Crippen LogP contribution in [-0.4, -0.2) is 51.7 Å². The van der Waals surface area contributed by atoms with Crippen molar-refractivity contribution in [3.63, 3.8) is 0 Å². The maximum absolute atomic E-state index is 13.1. The molecule has 7 nitrogen and oxygen atoms in total. The molecule has 9 heteroatoms. The summed E-state index contributed by atoms with van der Waals surface area (Å²) in [6.45, 7) is 12.3. The van der Waals surface area contributed by atoms with Crippen LogP contribution in [0.5, 0.6) is 10.8 Å². The molecule has 0 amide bonds. The summed E-state index contributed by atoms with van der Waals surface area (Å²) in [5, 5.41) is 7.51. The molecule has 176 valence electrons. The highest BCUT2D eigenvalue weighted by atomic mass is 32.2. The molecule has 3 N–H and O–H groups in total. The molecule has 0 aliphatic carbocycles. The molecule has 0 atom stereocenters. The molecule has 0 spiro atoms. The zero-order valence-electron chi connectivity index (χ0n) is 19.3. The minimum Gasteiger partial charge on any atom is -0.447 e. The standard InChI is InChI=1S/C23H34N4O3S2/c1-22(2)15-17(16-23(3,4)26-22)25-32(28,29)21-9-8-20(31-21)30-19-7-5-6-18(14-19)27-12-10-24-11-13-27/h5-9,14,17,24-26H,10-13,15-16H2,1-4H3. The molecule has 3 heterocycles. The average Bonchev–Trinajstić information content (AvgIpc) is 3.15. The molecular formula is C23H34N4O3S2. The Hall–Kier alpha value is -1.65. The van der Waals surface area contributed by atoms with E-state index < -0.39 is 10.0 Å². The fourth-order valence-electron chi connectivity index (χ4n) is 4.97. The summed E-state index contributed by atoms with van der Waals surface area (Å²) in [6.07, 6.45) is 1.48. The summed E-state index contributed by atoms with van der Waals surface area (Å²) >= 11 is 1.15. The van der Waals surface area contributed by atoms with Gasteiger partial charge in [0.1, 0.15) is 9.96 Å². The minimum absolute atomic E-state index is 0.117. The molecule has 2 aliphatic heterocycles. The van der Waals surface area contributed by atoms with Crippen molar-refractivity contribution < 1.29 is 13.2 Å². The number of benzene rings is 1. The van der Waals surface area contributed by atoms with Crippen molar-refractivity contribution in [3.05, 3.63) is 36.4 Å². The number of hydrogen-bond donors (Lipinski definition) is 3. The lowest BCUT2D eigenvalue weighted by atomic mass is 9.80. The van der Waals surface area contributed by atoms with Gasteiger partial charge >= 0.3 is 0 Å². The molecule has 32 heavy (non-hydrogen) atoms. The number of anilines is 1. The van der Waals surface area contributed by atoms with E-state index in [4.69, 9.17) is 4.74 Å². The Balaban J connectivity index is 1.44. The number of thiophene rings is 1. The lowest BCUT2D eigenvalue weighted by Gasteiger charge is -2.46. The molecule has 1 aromatic carbocycles. The Morgan fingerprint density at radius 3 is 2.44 bits per heavy atom. The highest BCUT2D eigenvalue weighted by molar-refractivity contribution is 7.91. The Morgan fingerprint density at radius 1 is 1.06 bits per heavy atom. The van der Waals surface area contributed by atoms with Gasteiger partial charge in [-0.3, -0.25) is 0 Å². The van der Waals surface area contributed by atoms with Crippen molar-refractivity contribution in [2.24, 2.45) is 0 Å². The summed E-state index contributed by atoms with van der Waals surface area (Å²) in [7, 11) is -3.61. The van der Waals surface area contributed by atoms with Crippen LogP contribution in [0.1, 0.15) is 40.5 Å². The molecule has 0 unspecified atom stereocenters. The van der Waals surface area contributed by atoms with Gasteiger partial charge in [0.25, 0.3) is 0 Å². The van der Waals surface area contributed by atoms with Crippen LogP contribution in [0.15, 0.2) is 40.6 Å². The Bertz CT molecular complexity index is 1030. The maximum Gasteiger partial charge on any atom is 0.250 e. The van der Waals surface area contributed by atoms with E-state index in [0.717, 1.165) is 56.0 Å². The van der Waals surface area contributed by atoms with Crippen LogP contribution in [0, 0.1) is 0 Å². The fourth-order valence-corrected chi connectivity index (χ4v) is 7.38. The summed E-state index contributed by atoms with van der Waals surface area (Å²) in [6, 6.07) is 11.2. The molecule has 0 bridgehead atoms. The van der Waals surface area contributed by atoms with Gasteiger partial charge in [0.15, 0.2) is 5.06 Å². The third-order valence-electron chi connectivity index (χ3n) is 5.85. The number of hydrogen-bond acceptors (Lipinski definition) is 7. The van der Waals surface area contributed by atoms with Crippen molar-refractivity contribution in [1.82, 2.24) is 15.4 Å². The van der Waals surface area contributed by atoms with E-state index in [1.165, 1.54) is 0 Å². The molecule has 0 radical (unpaired) electrons. The number of sulfonamides is 1. The van der Waals surface area contributed by atoms with Crippen LogP contribution in [0.4, 0.5) is 5.69 Å². The van der Waals surface area contributed by atoms with Gasteiger partial charge in [-0.15, -0.1) is 0 Å². The summed E-state index contributed by atoms with van der Waals surface area (Å²) in [4.78, 5) is 2.32. The minimum atomic E-state index is -3.61. The zero-order valence-corrected chi connectivity index (χ0v) is 20.9. The predicted octanol–water partition coefficient (Wildman–Crippen LogP) is 3.54. The van der Waals surface area contributed by atoms with Gasteiger partial charge in [0.2, 0.25) is 10.0 Å². The van der Waals surface area contributed by atoms with Crippen molar-refractivity contribution in [2.45, 2.75) is 61.9 Å². The first-order valence-electron chi connectivity index (χ1n) is 11.2. The van der Waals surface area contributed by atoms with Crippen LogP contribution in [0.2, 0.25) is 0 Å². The van der Waals surface area contributed by atoms with Crippen molar-refractivity contribution >= 4 is 27.0 Å². The highest BCUT2D eigenvalue weighted by Crippen LogP contribution is 2.35. The Morgan fingerprint density at radius 2 is 1.75 bits per heavy atom. The first-order chi connectivity index (χ1) is 15.0. The molecule has 0 saturated carbocycles. The van der Waals surface area contributed by atoms with Gasteiger partial charge < -0.3 is 20.3 Å². The number of ether oxygens (including phenoxy) is 1. The van der Waals surface area contributed by atoms with Crippen molar-refractivity contribution in [1.29, 1.82) is 0 Å². The Labute approximate surface area is 195 Å². The fraction of sp³-hybridized carbons (Fsp3) is 0.565. The third-order valence-corrected chi connectivity index (χ3v) is 8.83. The average molecular weight is 479 g/mol. The summed E-state index contributed by atoms with van der Waals surface area (Å²) in [5.74, 6) is 0.710. The van der Waals surface area contributed by atoms with E-state index in [2.05, 4.69) is 54.0 Å².